The van der Waals surface area contributed by atoms with Crippen molar-refractivity contribution < 1.29 is 19.1 Å². The molecule has 0 heterocycles. The Morgan fingerprint density at radius 3 is 2.40 bits per heavy atom. The predicted molar refractivity (Wildman–Crippen MR) is 55.9 cm³/mol. The van der Waals surface area contributed by atoms with E-state index in [-0.39, 0.29) is 0 Å². The quantitative estimate of drug-likeness (QED) is 0.263. The Kier molecular flexibility index (Phi) is 6.71. The van der Waals surface area contributed by atoms with Gasteiger partial charge in [0.05, 0.1) is 12.3 Å². The molecule has 1 unspecified atom stereocenters. The number of rotatable bonds is 8. The van der Waals surface area contributed by atoms with E-state index in [0.717, 1.165) is 6.42 Å². The number of nitrogens with one attached hydrogen (secondary N) is 1. The van der Waals surface area contributed by atoms with Crippen molar-refractivity contribution in [3.05, 3.63) is 0 Å². The molecule has 0 aliphatic rings. The van der Waals surface area contributed by atoms with Gasteiger partial charge in [0.1, 0.15) is 0 Å². The van der Waals surface area contributed by atoms with Gasteiger partial charge in [-0.3, -0.25) is 14.7 Å². The van der Waals surface area contributed by atoms with Crippen LogP contribution in [0, 0.1) is 0 Å². The first-order valence-electron chi connectivity index (χ1n) is 4.64. The highest BCUT2D eigenvalue weighted by Gasteiger charge is 2.19. The minimum absolute atomic E-state index is 0.437. The van der Waals surface area contributed by atoms with Gasteiger partial charge in [-0.1, -0.05) is 6.42 Å². The Balaban J connectivity index is 3.95. The molecule has 7 N–H and O–H groups in total. The molecule has 0 aliphatic heterocycles. The predicted octanol–water partition coefficient (Wildman–Crippen LogP) is -1.31. The van der Waals surface area contributed by atoms with Crippen molar-refractivity contribution in [2.75, 3.05) is 12.8 Å². The zero-order valence-electron chi connectivity index (χ0n) is 8.43. The van der Waals surface area contributed by atoms with Crippen molar-refractivity contribution in [3.63, 3.8) is 0 Å². The summed E-state index contributed by atoms with van der Waals surface area (Å²) < 4.78 is 10.5. The van der Waals surface area contributed by atoms with Gasteiger partial charge < -0.3 is 21.3 Å². The fourth-order valence-corrected chi connectivity index (χ4v) is 1.53. The highest BCUT2D eigenvalue weighted by Crippen LogP contribution is 2.32. The number of amides is 1. The summed E-state index contributed by atoms with van der Waals surface area (Å²) in [6.45, 7) is 0.518. The second-order valence-corrected chi connectivity index (χ2v) is 4.91. The lowest BCUT2D eigenvalue weighted by Crippen LogP contribution is -2.41. The lowest BCUT2D eigenvalue weighted by Gasteiger charge is -2.15. The average Bonchev–Trinajstić information content (AvgIpc) is 2.08. The van der Waals surface area contributed by atoms with Gasteiger partial charge in [0.25, 0.3) is 0 Å². The van der Waals surface area contributed by atoms with Crippen molar-refractivity contribution in [3.8, 4) is 0 Å². The number of hydrogen-bond acceptors (Lipinski definition) is 4. The molecule has 1 amide bonds. The maximum atomic E-state index is 10.9. The van der Waals surface area contributed by atoms with Gasteiger partial charge >= 0.3 is 7.60 Å². The molecule has 0 radical (unpaired) electrons. The number of unbranched alkanes of at least 4 members (excludes halogenated alkanes) is 1. The molecular weight excluding hydrogens is 221 g/mol. The standard InChI is InChI=1S/C7H18N3O4P/c8-4-2-1-3-6(7(9)11)10-5-15(12,13)14/h6,10H,1-5,8H2,(H2,9,11)(H2,12,13,14). The Bertz CT molecular complexity index is 242. The minimum atomic E-state index is -4.14. The molecule has 0 saturated carbocycles. The van der Waals surface area contributed by atoms with Crippen LogP contribution in [0.3, 0.4) is 0 Å². The van der Waals surface area contributed by atoms with Crippen LogP contribution in [0.25, 0.3) is 0 Å². The topological polar surface area (TPSA) is 139 Å². The molecule has 90 valence electrons. The third-order valence-electron chi connectivity index (χ3n) is 1.83. The van der Waals surface area contributed by atoms with Crippen LogP contribution in [0.4, 0.5) is 0 Å². The van der Waals surface area contributed by atoms with Crippen LogP contribution in [0.15, 0.2) is 0 Å². The molecule has 0 saturated heterocycles. The molecule has 0 aromatic rings. The molecule has 0 bridgehead atoms. The van der Waals surface area contributed by atoms with Crippen LogP contribution in [-0.4, -0.2) is 34.6 Å². The van der Waals surface area contributed by atoms with Crippen molar-refractivity contribution in [1.29, 1.82) is 0 Å². The summed E-state index contributed by atoms with van der Waals surface area (Å²) in [7, 11) is -4.14. The summed E-state index contributed by atoms with van der Waals surface area (Å²) in [6.07, 6.45) is 1.34. The van der Waals surface area contributed by atoms with E-state index in [1.807, 2.05) is 0 Å². The van der Waals surface area contributed by atoms with Crippen LogP contribution in [-0.2, 0) is 9.36 Å². The number of hydrogen-bond donors (Lipinski definition) is 5. The van der Waals surface area contributed by atoms with Crippen LogP contribution in [0.2, 0.25) is 0 Å². The van der Waals surface area contributed by atoms with Gasteiger partial charge in [-0.25, -0.2) is 0 Å². The smallest absolute Gasteiger partial charge is 0.339 e. The number of nitrogens with two attached hydrogens (primary N) is 2. The van der Waals surface area contributed by atoms with Gasteiger partial charge in [0, 0.05) is 0 Å². The first-order chi connectivity index (χ1) is 6.87. The normalized spacial score (nSPS) is 13.8. The molecule has 15 heavy (non-hydrogen) atoms. The second-order valence-electron chi connectivity index (χ2n) is 3.27. The molecule has 0 aromatic heterocycles. The first-order valence-corrected chi connectivity index (χ1v) is 6.44. The van der Waals surface area contributed by atoms with Crippen molar-refractivity contribution in [2.45, 2.75) is 25.3 Å². The van der Waals surface area contributed by atoms with Gasteiger partial charge in [0.15, 0.2) is 0 Å². The SMILES string of the molecule is NCCCCC(NCP(=O)(O)O)C(N)=O. The van der Waals surface area contributed by atoms with Crippen molar-refractivity contribution in [2.24, 2.45) is 11.5 Å². The van der Waals surface area contributed by atoms with Crippen LogP contribution in [0.1, 0.15) is 19.3 Å². The summed E-state index contributed by atoms with van der Waals surface area (Å²) in [6, 6.07) is -0.704. The average molecular weight is 239 g/mol. The van der Waals surface area contributed by atoms with E-state index in [4.69, 9.17) is 21.3 Å². The number of carbonyl (C=O) groups is 1. The maximum Gasteiger partial charge on any atom is 0.339 e. The summed E-state index contributed by atoms with van der Waals surface area (Å²) in [4.78, 5) is 28.1. The molecule has 0 aromatic carbocycles. The van der Waals surface area contributed by atoms with Crippen LogP contribution >= 0.6 is 7.60 Å². The molecule has 7 nitrogen and oxygen atoms in total. The van der Waals surface area contributed by atoms with Crippen LogP contribution in [0.5, 0.6) is 0 Å². The molecule has 0 spiro atoms. The van der Waals surface area contributed by atoms with Crippen molar-refractivity contribution >= 4 is 13.5 Å². The molecular formula is C7H18N3O4P. The van der Waals surface area contributed by atoms with Crippen molar-refractivity contribution in [1.82, 2.24) is 5.32 Å². The summed E-state index contributed by atoms with van der Waals surface area (Å²) >= 11 is 0. The fraction of sp³-hybridized carbons (Fsp3) is 0.857. The highest BCUT2D eigenvalue weighted by molar-refractivity contribution is 7.51. The molecule has 8 heteroatoms. The van der Waals surface area contributed by atoms with Gasteiger partial charge in [-0.15, -0.1) is 0 Å². The van der Waals surface area contributed by atoms with E-state index in [1.165, 1.54) is 0 Å². The lowest BCUT2D eigenvalue weighted by molar-refractivity contribution is -0.120. The molecule has 0 rings (SSSR count). The van der Waals surface area contributed by atoms with E-state index < -0.39 is 25.8 Å². The molecule has 1 atom stereocenters. The maximum absolute atomic E-state index is 10.9. The molecule has 0 fully saturated rings. The third kappa shape index (κ3) is 8.53. The number of primary amides is 1. The monoisotopic (exact) mass is 239 g/mol. The Hall–Kier alpha value is -0.460. The van der Waals surface area contributed by atoms with E-state index in [9.17, 15) is 9.36 Å². The summed E-state index contributed by atoms with van der Waals surface area (Å²) in [5.74, 6) is -0.611. The number of carbonyl (C=O) groups excluding carboxylic acids is 1. The van der Waals surface area contributed by atoms with Gasteiger partial charge in [0.2, 0.25) is 5.91 Å². The van der Waals surface area contributed by atoms with E-state index in [0.29, 0.717) is 19.4 Å². The summed E-state index contributed by atoms with van der Waals surface area (Å²) in [5.41, 5.74) is 10.3. The van der Waals surface area contributed by atoms with E-state index in [2.05, 4.69) is 5.32 Å². The second kappa shape index (κ2) is 6.92. The molecule has 0 aliphatic carbocycles. The Morgan fingerprint density at radius 1 is 1.40 bits per heavy atom. The first kappa shape index (κ1) is 14.5. The Labute approximate surface area is 88.4 Å². The largest absolute Gasteiger partial charge is 0.368 e. The zero-order valence-corrected chi connectivity index (χ0v) is 9.32. The summed E-state index contributed by atoms with van der Waals surface area (Å²) in [5, 5.41) is 2.44. The lowest BCUT2D eigenvalue weighted by atomic mass is 10.1. The van der Waals surface area contributed by atoms with E-state index >= 15 is 0 Å². The Morgan fingerprint density at radius 2 is 2.00 bits per heavy atom. The van der Waals surface area contributed by atoms with Gasteiger partial charge in [-0.05, 0) is 19.4 Å². The van der Waals surface area contributed by atoms with Gasteiger partial charge in [-0.2, -0.15) is 0 Å². The highest BCUT2D eigenvalue weighted by atomic mass is 31.2. The fourth-order valence-electron chi connectivity index (χ4n) is 1.07. The van der Waals surface area contributed by atoms with E-state index in [1.54, 1.807) is 0 Å². The zero-order chi connectivity index (χ0) is 11.9. The minimum Gasteiger partial charge on any atom is -0.368 e. The third-order valence-corrected chi connectivity index (χ3v) is 2.43. The van der Waals surface area contributed by atoms with Crippen LogP contribution < -0.4 is 16.8 Å².